The summed E-state index contributed by atoms with van der Waals surface area (Å²) in [6.07, 6.45) is -4.13. The maximum absolute atomic E-state index is 12.5. The number of ether oxygens (including phenoxy) is 1. The summed E-state index contributed by atoms with van der Waals surface area (Å²) in [5.74, 6) is -0.334. The summed E-state index contributed by atoms with van der Waals surface area (Å²) in [4.78, 5) is 0. The number of halogens is 4. The largest absolute Gasteiger partial charge is 0.417 e. The molecule has 20 heavy (non-hydrogen) atoms. The number of hydrogen-bond donors (Lipinski definition) is 0. The summed E-state index contributed by atoms with van der Waals surface area (Å²) < 4.78 is 66.7. The summed E-state index contributed by atoms with van der Waals surface area (Å²) in [7, 11) is -3.44. The number of hydrogen-bond acceptors (Lipinski definition) is 3. The van der Waals surface area contributed by atoms with Crippen LogP contribution in [0.2, 0.25) is 5.02 Å². The molecule has 1 aliphatic heterocycles. The predicted molar refractivity (Wildman–Crippen MR) is 68.3 cm³/mol. The van der Waals surface area contributed by atoms with Crippen LogP contribution >= 0.6 is 11.6 Å². The van der Waals surface area contributed by atoms with E-state index in [1.165, 1.54) is 0 Å². The van der Waals surface area contributed by atoms with Crippen molar-refractivity contribution < 1.29 is 26.3 Å². The number of benzene rings is 1. The third kappa shape index (κ3) is 3.45. The molecule has 1 atom stereocenters. The van der Waals surface area contributed by atoms with Crippen molar-refractivity contribution in [1.82, 2.24) is 0 Å². The van der Waals surface area contributed by atoms with E-state index in [-0.39, 0.29) is 17.9 Å². The minimum absolute atomic E-state index is 0.136. The van der Waals surface area contributed by atoms with Crippen molar-refractivity contribution in [3.8, 4) is 0 Å². The Balaban J connectivity index is 2.21. The van der Waals surface area contributed by atoms with Crippen LogP contribution in [0.25, 0.3) is 0 Å². The molecule has 1 saturated heterocycles. The number of sulfone groups is 1. The van der Waals surface area contributed by atoms with E-state index in [4.69, 9.17) is 16.3 Å². The van der Waals surface area contributed by atoms with Crippen molar-refractivity contribution in [3.05, 3.63) is 34.3 Å². The van der Waals surface area contributed by atoms with Gasteiger partial charge >= 0.3 is 6.18 Å². The van der Waals surface area contributed by atoms with Crippen LogP contribution in [0.5, 0.6) is 0 Å². The summed E-state index contributed by atoms with van der Waals surface area (Å²) >= 11 is 5.56. The highest BCUT2D eigenvalue weighted by molar-refractivity contribution is 7.91. The fourth-order valence-corrected chi connectivity index (χ4v) is 3.97. The molecule has 3 nitrogen and oxygen atoms in total. The van der Waals surface area contributed by atoms with Gasteiger partial charge in [-0.2, -0.15) is 13.2 Å². The SMILES string of the molecule is O=S(=O)(Cc1ccc(C(F)(F)F)c(Cl)c1)C1CCOC1. The summed E-state index contributed by atoms with van der Waals surface area (Å²) in [5.41, 5.74) is -0.723. The van der Waals surface area contributed by atoms with Crippen molar-refractivity contribution >= 4 is 21.4 Å². The average Bonchev–Trinajstić information content (AvgIpc) is 2.80. The smallest absolute Gasteiger partial charge is 0.380 e. The second-order valence-electron chi connectivity index (χ2n) is 4.60. The van der Waals surface area contributed by atoms with Crippen molar-refractivity contribution in [2.75, 3.05) is 13.2 Å². The first kappa shape index (κ1) is 15.6. The van der Waals surface area contributed by atoms with Crippen LogP contribution in [0.1, 0.15) is 17.5 Å². The zero-order chi connectivity index (χ0) is 15.0. The van der Waals surface area contributed by atoms with Crippen LogP contribution in [0.3, 0.4) is 0 Å². The Morgan fingerprint density at radius 1 is 1.35 bits per heavy atom. The van der Waals surface area contributed by atoms with E-state index in [1.54, 1.807) is 0 Å². The minimum Gasteiger partial charge on any atom is -0.380 e. The van der Waals surface area contributed by atoms with E-state index in [0.29, 0.717) is 13.0 Å². The van der Waals surface area contributed by atoms with Crippen LogP contribution in [-0.2, 0) is 26.5 Å². The highest BCUT2D eigenvalue weighted by atomic mass is 35.5. The fourth-order valence-electron chi connectivity index (χ4n) is 2.02. The zero-order valence-electron chi connectivity index (χ0n) is 10.3. The van der Waals surface area contributed by atoms with E-state index < -0.39 is 31.8 Å². The molecule has 1 aliphatic rings. The van der Waals surface area contributed by atoms with Crippen molar-refractivity contribution in [2.24, 2.45) is 0 Å². The van der Waals surface area contributed by atoms with Crippen LogP contribution in [0.15, 0.2) is 18.2 Å². The quantitative estimate of drug-likeness (QED) is 0.856. The molecule has 0 bridgehead atoms. The lowest BCUT2D eigenvalue weighted by molar-refractivity contribution is -0.137. The maximum Gasteiger partial charge on any atom is 0.417 e. The van der Waals surface area contributed by atoms with Crippen LogP contribution < -0.4 is 0 Å². The van der Waals surface area contributed by atoms with Gasteiger partial charge < -0.3 is 4.74 Å². The number of alkyl halides is 3. The molecule has 0 saturated carbocycles. The first-order chi connectivity index (χ1) is 9.20. The van der Waals surface area contributed by atoms with Gasteiger partial charge in [0, 0.05) is 6.61 Å². The lowest BCUT2D eigenvalue weighted by Crippen LogP contribution is -2.23. The van der Waals surface area contributed by atoms with Crippen LogP contribution in [-0.4, -0.2) is 26.9 Å². The van der Waals surface area contributed by atoms with Gasteiger partial charge in [0.2, 0.25) is 0 Å². The molecule has 0 aromatic heterocycles. The van der Waals surface area contributed by atoms with E-state index in [2.05, 4.69) is 0 Å². The van der Waals surface area contributed by atoms with Crippen molar-refractivity contribution in [3.63, 3.8) is 0 Å². The van der Waals surface area contributed by atoms with Gasteiger partial charge in [0.05, 0.1) is 28.2 Å². The Kier molecular flexibility index (Phi) is 4.32. The van der Waals surface area contributed by atoms with Gasteiger partial charge in [-0.25, -0.2) is 8.42 Å². The monoisotopic (exact) mass is 328 g/mol. The molecule has 0 amide bonds. The van der Waals surface area contributed by atoms with Gasteiger partial charge in [-0.1, -0.05) is 17.7 Å². The average molecular weight is 329 g/mol. The Hall–Kier alpha value is -0.790. The van der Waals surface area contributed by atoms with Crippen molar-refractivity contribution in [1.29, 1.82) is 0 Å². The van der Waals surface area contributed by atoms with E-state index in [0.717, 1.165) is 18.2 Å². The second kappa shape index (κ2) is 5.54. The number of rotatable bonds is 3. The van der Waals surface area contributed by atoms with Gasteiger partial charge in [-0.05, 0) is 24.1 Å². The van der Waals surface area contributed by atoms with Crippen LogP contribution in [0.4, 0.5) is 13.2 Å². The molecular formula is C12H12ClF3O3S. The third-order valence-electron chi connectivity index (χ3n) is 3.10. The first-order valence-electron chi connectivity index (χ1n) is 5.85. The van der Waals surface area contributed by atoms with Gasteiger partial charge in [0.15, 0.2) is 9.84 Å². The third-order valence-corrected chi connectivity index (χ3v) is 5.54. The normalized spacial score (nSPS) is 20.3. The molecule has 0 radical (unpaired) electrons. The zero-order valence-corrected chi connectivity index (χ0v) is 11.9. The molecule has 112 valence electrons. The Labute approximate surface area is 119 Å². The lowest BCUT2D eigenvalue weighted by atomic mass is 10.1. The molecule has 1 unspecified atom stereocenters. The summed E-state index contributed by atoms with van der Waals surface area (Å²) in [6.45, 7) is 0.522. The van der Waals surface area contributed by atoms with E-state index >= 15 is 0 Å². The van der Waals surface area contributed by atoms with Gasteiger partial charge in [0.25, 0.3) is 0 Å². The lowest BCUT2D eigenvalue weighted by Gasteiger charge is -2.12. The first-order valence-corrected chi connectivity index (χ1v) is 7.94. The second-order valence-corrected chi connectivity index (χ2v) is 7.29. The van der Waals surface area contributed by atoms with E-state index in [1.807, 2.05) is 0 Å². The van der Waals surface area contributed by atoms with E-state index in [9.17, 15) is 21.6 Å². The molecule has 1 aromatic rings. The molecule has 1 fully saturated rings. The molecule has 1 aromatic carbocycles. The highest BCUT2D eigenvalue weighted by Gasteiger charge is 2.34. The van der Waals surface area contributed by atoms with Gasteiger partial charge in [0.1, 0.15) is 0 Å². The maximum atomic E-state index is 12.5. The standard InChI is InChI=1S/C12H12ClF3O3S/c13-11-5-8(1-2-10(11)12(14,15)16)7-20(17,18)9-3-4-19-6-9/h1-2,5,9H,3-4,6-7H2. The molecule has 0 aliphatic carbocycles. The molecule has 0 N–H and O–H groups in total. The topological polar surface area (TPSA) is 43.4 Å². The summed E-state index contributed by atoms with van der Waals surface area (Å²) in [6, 6.07) is 3.00. The molecule has 8 heteroatoms. The molecule has 0 spiro atoms. The van der Waals surface area contributed by atoms with Crippen LogP contribution in [0, 0.1) is 0 Å². The molecular weight excluding hydrogens is 317 g/mol. The summed E-state index contributed by atoms with van der Waals surface area (Å²) in [5, 5.41) is -1.09. The minimum atomic E-state index is -4.55. The van der Waals surface area contributed by atoms with Gasteiger partial charge in [-0.3, -0.25) is 0 Å². The van der Waals surface area contributed by atoms with Gasteiger partial charge in [-0.15, -0.1) is 0 Å². The van der Waals surface area contributed by atoms with Crippen molar-refractivity contribution in [2.45, 2.75) is 23.6 Å². The molecule has 1 heterocycles. The molecule has 2 rings (SSSR count). The predicted octanol–water partition coefficient (Wildman–Crippen LogP) is 3.06. The Morgan fingerprint density at radius 2 is 2.05 bits per heavy atom. The highest BCUT2D eigenvalue weighted by Crippen LogP contribution is 2.35. The fraction of sp³-hybridized carbons (Fsp3) is 0.500. The Bertz CT molecular complexity index is 592. The Morgan fingerprint density at radius 3 is 2.55 bits per heavy atom.